The summed E-state index contributed by atoms with van der Waals surface area (Å²) < 4.78 is 54.3. The van der Waals surface area contributed by atoms with Gasteiger partial charge in [0.2, 0.25) is 0 Å². The second kappa shape index (κ2) is 6.42. The van der Waals surface area contributed by atoms with Gasteiger partial charge in [-0.2, -0.15) is 13.2 Å². The van der Waals surface area contributed by atoms with Crippen LogP contribution in [0.4, 0.5) is 13.2 Å². The number of halogens is 3. The molecule has 0 saturated carbocycles. The molecule has 1 unspecified atom stereocenters. The highest BCUT2D eigenvalue weighted by molar-refractivity contribution is 7.85. The minimum Gasteiger partial charge on any atom is -0.325 e. The van der Waals surface area contributed by atoms with Crippen molar-refractivity contribution >= 4 is 43.3 Å². The second-order valence-electron chi connectivity index (χ2n) is 5.94. The number of pyridine rings is 1. The number of nitrogens with zero attached hydrogens (tertiary/aromatic N) is 3. The van der Waals surface area contributed by atoms with Gasteiger partial charge in [-0.1, -0.05) is 25.1 Å². The van der Waals surface area contributed by atoms with Crippen LogP contribution in [0.2, 0.25) is 0 Å². The minimum atomic E-state index is -4.53. The Bertz CT molecular complexity index is 1190. The Balaban J connectivity index is 2.00. The van der Waals surface area contributed by atoms with Crippen molar-refractivity contribution in [3.8, 4) is 10.7 Å². The Morgan fingerprint density at radius 2 is 2.00 bits per heavy atom. The molecule has 0 amide bonds. The normalized spacial score (nSPS) is 13.5. The first-order chi connectivity index (χ1) is 12.8. The maximum atomic E-state index is 13.0. The molecule has 0 N–H and O–H groups in total. The van der Waals surface area contributed by atoms with Gasteiger partial charge in [0.1, 0.15) is 5.69 Å². The van der Waals surface area contributed by atoms with Gasteiger partial charge in [-0.25, -0.2) is 9.97 Å². The van der Waals surface area contributed by atoms with E-state index < -0.39 is 22.7 Å². The quantitative estimate of drug-likeness (QED) is 0.479. The van der Waals surface area contributed by atoms with Crippen LogP contribution in [0.1, 0.15) is 12.6 Å². The largest absolute Gasteiger partial charge is 0.433 e. The number of fused-ring (bicyclic) bond motifs is 2. The van der Waals surface area contributed by atoms with Crippen LogP contribution in [-0.2, 0) is 24.0 Å². The van der Waals surface area contributed by atoms with Gasteiger partial charge >= 0.3 is 6.18 Å². The lowest BCUT2D eigenvalue weighted by Crippen LogP contribution is -2.07. The first-order valence-electron chi connectivity index (χ1n) is 8.11. The zero-order valence-corrected chi connectivity index (χ0v) is 16.0. The maximum Gasteiger partial charge on any atom is 0.433 e. The number of thiophene rings is 1. The third kappa shape index (κ3) is 2.94. The number of hydrogen-bond donors (Lipinski definition) is 0. The Labute approximate surface area is 159 Å². The lowest BCUT2D eigenvalue weighted by Gasteiger charge is -2.05. The molecule has 0 aliphatic heterocycles. The van der Waals surface area contributed by atoms with Crippen LogP contribution in [0.5, 0.6) is 0 Å². The molecular weight excluding hydrogens is 395 g/mol. The van der Waals surface area contributed by atoms with E-state index in [1.54, 1.807) is 11.6 Å². The monoisotopic (exact) mass is 409 g/mol. The Morgan fingerprint density at radius 3 is 2.70 bits per heavy atom. The second-order valence-corrected chi connectivity index (χ2v) is 8.67. The molecule has 0 aliphatic rings. The first kappa shape index (κ1) is 18.1. The molecule has 0 radical (unpaired) electrons. The molecule has 4 rings (SSSR count). The Hall–Kier alpha value is -2.26. The topological polar surface area (TPSA) is 47.8 Å². The molecule has 4 nitrogen and oxygen atoms in total. The van der Waals surface area contributed by atoms with Crippen LogP contribution in [0, 0.1) is 0 Å². The van der Waals surface area contributed by atoms with Gasteiger partial charge in [0, 0.05) is 22.9 Å². The number of hydrogen-bond acceptors (Lipinski definition) is 4. The molecule has 27 heavy (non-hydrogen) atoms. The fourth-order valence-electron chi connectivity index (χ4n) is 2.99. The fraction of sp³-hybridized carbons (Fsp3) is 0.222. The summed E-state index contributed by atoms with van der Waals surface area (Å²) in [6.07, 6.45) is -3.35. The lowest BCUT2D eigenvalue weighted by molar-refractivity contribution is -0.141. The summed E-state index contributed by atoms with van der Waals surface area (Å²) in [5.41, 5.74) is -0.280. The van der Waals surface area contributed by atoms with Crippen molar-refractivity contribution in [1.82, 2.24) is 14.5 Å². The van der Waals surface area contributed by atoms with Gasteiger partial charge in [-0.05, 0) is 12.1 Å². The number of aromatic nitrogens is 3. The molecule has 140 valence electrons. The molecule has 0 bridgehead atoms. The van der Waals surface area contributed by atoms with Crippen molar-refractivity contribution < 1.29 is 17.4 Å². The van der Waals surface area contributed by atoms with Crippen molar-refractivity contribution in [2.75, 3.05) is 5.75 Å². The van der Waals surface area contributed by atoms with Crippen LogP contribution < -0.4 is 0 Å². The molecule has 9 heteroatoms. The predicted molar refractivity (Wildman–Crippen MR) is 101 cm³/mol. The number of imidazole rings is 1. The van der Waals surface area contributed by atoms with E-state index >= 15 is 0 Å². The van der Waals surface area contributed by atoms with Crippen molar-refractivity contribution in [2.24, 2.45) is 7.05 Å². The average Bonchev–Trinajstić information content (AvgIpc) is 3.18. The van der Waals surface area contributed by atoms with E-state index in [2.05, 4.69) is 9.97 Å². The molecule has 3 aromatic heterocycles. The summed E-state index contributed by atoms with van der Waals surface area (Å²) in [6, 6.07) is 8.57. The third-order valence-electron chi connectivity index (χ3n) is 4.30. The van der Waals surface area contributed by atoms with E-state index in [0.29, 0.717) is 26.9 Å². The van der Waals surface area contributed by atoms with E-state index in [1.165, 1.54) is 17.5 Å². The van der Waals surface area contributed by atoms with Crippen LogP contribution in [0.15, 0.2) is 41.4 Å². The van der Waals surface area contributed by atoms with E-state index in [1.807, 2.05) is 31.2 Å². The molecular formula is C18H14F3N3OS2. The molecule has 1 aromatic carbocycles. The van der Waals surface area contributed by atoms with Crippen LogP contribution in [0.3, 0.4) is 0 Å². The van der Waals surface area contributed by atoms with E-state index in [4.69, 9.17) is 0 Å². The summed E-state index contributed by atoms with van der Waals surface area (Å²) in [7, 11) is 0.492. The van der Waals surface area contributed by atoms with Crippen LogP contribution in [0.25, 0.3) is 31.8 Å². The van der Waals surface area contributed by atoms with Gasteiger partial charge in [0.25, 0.3) is 0 Å². The van der Waals surface area contributed by atoms with Crippen LogP contribution in [-0.4, -0.2) is 24.5 Å². The van der Waals surface area contributed by atoms with Crippen molar-refractivity contribution in [3.05, 3.63) is 42.2 Å². The number of rotatable bonds is 3. The molecule has 0 saturated heterocycles. The van der Waals surface area contributed by atoms with E-state index in [-0.39, 0.29) is 5.52 Å². The SMILES string of the molecule is CCS(=O)c1c(-c2nc3cc(C(F)(F)F)ncc3n2C)sc2ccccc12. The maximum absolute atomic E-state index is 13.0. The van der Waals surface area contributed by atoms with Crippen molar-refractivity contribution in [2.45, 2.75) is 18.0 Å². The Morgan fingerprint density at radius 1 is 1.26 bits per heavy atom. The number of alkyl halides is 3. The fourth-order valence-corrected chi connectivity index (χ4v) is 5.59. The summed E-state index contributed by atoms with van der Waals surface area (Å²) in [5, 5.41) is 0.888. The number of benzene rings is 1. The highest BCUT2D eigenvalue weighted by Gasteiger charge is 2.33. The standard InChI is InChI=1S/C18H14F3N3OS2/c1-3-27(25)16-10-6-4-5-7-13(10)26-15(16)17-23-11-8-14(18(19,20)21)22-9-12(11)24(17)2/h4-9H,3H2,1-2H3. The zero-order valence-electron chi connectivity index (χ0n) is 14.4. The molecule has 0 aliphatic carbocycles. The molecule has 0 fully saturated rings. The molecule has 4 aromatic rings. The van der Waals surface area contributed by atoms with Gasteiger partial charge in [-0.3, -0.25) is 4.21 Å². The van der Waals surface area contributed by atoms with E-state index in [9.17, 15) is 17.4 Å². The van der Waals surface area contributed by atoms with Gasteiger partial charge in [0.05, 0.1) is 37.8 Å². The minimum absolute atomic E-state index is 0.209. The zero-order chi connectivity index (χ0) is 19.3. The predicted octanol–water partition coefficient (Wildman–Crippen LogP) is 5.00. The van der Waals surface area contributed by atoms with Gasteiger partial charge in [-0.15, -0.1) is 11.3 Å². The molecule has 0 spiro atoms. The summed E-state index contributed by atoms with van der Waals surface area (Å²) >= 11 is 1.44. The summed E-state index contributed by atoms with van der Waals surface area (Å²) in [6.45, 7) is 1.83. The molecule has 3 heterocycles. The van der Waals surface area contributed by atoms with Gasteiger partial charge < -0.3 is 4.57 Å². The van der Waals surface area contributed by atoms with Gasteiger partial charge in [0.15, 0.2) is 5.82 Å². The highest BCUT2D eigenvalue weighted by atomic mass is 32.2. The smallest absolute Gasteiger partial charge is 0.325 e. The summed E-state index contributed by atoms with van der Waals surface area (Å²) in [5.74, 6) is 0.932. The van der Waals surface area contributed by atoms with Crippen LogP contribution >= 0.6 is 11.3 Å². The molecule has 1 atom stereocenters. The first-order valence-corrected chi connectivity index (χ1v) is 10.2. The van der Waals surface area contributed by atoms with E-state index in [0.717, 1.165) is 16.2 Å². The third-order valence-corrected chi connectivity index (χ3v) is 7.00. The Kier molecular flexibility index (Phi) is 4.31. The van der Waals surface area contributed by atoms with Crippen molar-refractivity contribution in [1.29, 1.82) is 0 Å². The summed E-state index contributed by atoms with van der Waals surface area (Å²) in [4.78, 5) is 9.34. The highest BCUT2D eigenvalue weighted by Crippen LogP contribution is 2.41. The average molecular weight is 409 g/mol. The van der Waals surface area contributed by atoms with Crippen molar-refractivity contribution in [3.63, 3.8) is 0 Å². The number of aryl methyl sites for hydroxylation is 1. The lowest BCUT2D eigenvalue weighted by atomic mass is 10.2.